The lowest BCUT2D eigenvalue weighted by Crippen LogP contribution is -1.82. The number of aromatic amines is 1. The molecule has 0 saturated heterocycles. The van der Waals surface area contributed by atoms with Crippen LogP contribution in [-0.4, -0.2) is 35.1 Å². The van der Waals surface area contributed by atoms with Gasteiger partial charge in [-0.3, -0.25) is 10.1 Å². The van der Waals surface area contributed by atoms with Crippen molar-refractivity contribution < 1.29 is 0 Å². The van der Waals surface area contributed by atoms with Crippen molar-refractivity contribution in [3.8, 4) is 0 Å². The number of nitrogens with zero attached hydrogens (tertiary/aromatic N) is 6. The molecule has 164 valence electrons. The number of aromatic nitrogens is 7. The van der Waals surface area contributed by atoms with Gasteiger partial charge in [0.2, 0.25) is 5.28 Å². The summed E-state index contributed by atoms with van der Waals surface area (Å²) in [6.45, 7) is 9.52. The Morgan fingerprint density at radius 2 is 1.52 bits per heavy atom. The number of nitrogens with one attached hydrogen (secondary N) is 1. The molecule has 31 heavy (non-hydrogen) atoms. The van der Waals surface area contributed by atoms with Gasteiger partial charge >= 0.3 is 0 Å². The van der Waals surface area contributed by atoms with Crippen molar-refractivity contribution in [3.05, 3.63) is 93.0 Å². The first kappa shape index (κ1) is 26.4. The van der Waals surface area contributed by atoms with Gasteiger partial charge in [0.1, 0.15) is 16.8 Å². The minimum absolute atomic E-state index is 0.310. The summed E-state index contributed by atoms with van der Waals surface area (Å²) in [7, 11) is 0. The molecular weight excluding hydrogens is 457 g/mol. The molecule has 0 unspecified atom stereocenters. The van der Waals surface area contributed by atoms with E-state index >= 15 is 0 Å². The summed E-state index contributed by atoms with van der Waals surface area (Å²) < 4.78 is 0. The number of hydrogen-bond acceptors (Lipinski definition) is 6. The van der Waals surface area contributed by atoms with E-state index in [9.17, 15) is 0 Å². The molecular formula is C21H24Cl3N7. The molecule has 0 spiro atoms. The van der Waals surface area contributed by atoms with Crippen LogP contribution >= 0.6 is 34.8 Å². The number of halogens is 3. The average molecular weight is 481 g/mol. The summed E-state index contributed by atoms with van der Waals surface area (Å²) in [5, 5.41) is 8.09. The molecule has 7 nitrogen and oxygen atoms in total. The van der Waals surface area contributed by atoms with Gasteiger partial charge in [0.15, 0.2) is 0 Å². The van der Waals surface area contributed by atoms with Crippen LogP contribution in [0.3, 0.4) is 0 Å². The van der Waals surface area contributed by atoms with Gasteiger partial charge in [-0.2, -0.15) is 5.10 Å². The van der Waals surface area contributed by atoms with Crippen LogP contribution in [0.5, 0.6) is 0 Å². The molecule has 0 aromatic carbocycles. The molecule has 0 aliphatic carbocycles. The second-order valence-electron chi connectivity index (χ2n) is 6.22. The smallest absolute Gasteiger partial charge is 0.222 e. The minimum Gasteiger partial charge on any atom is -0.263 e. The van der Waals surface area contributed by atoms with Crippen molar-refractivity contribution >= 4 is 34.8 Å². The van der Waals surface area contributed by atoms with Crippen LogP contribution in [0.1, 0.15) is 28.5 Å². The standard InChI is InChI=1S/2C6H6ClN.C5H5ClN2.C4H7N3/c1-5-2-3-8-4-6(5)7;1-5-2-3-8-6(7)4-5;1-4-2-3-7-5(6)8-4;1-3-5-4(2)7-6-3/h2*2-4H,1H3;2-3H,1H3;1-2H3,(H,5,6,7). The monoisotopic (exact) mass is 479 g/mol. The van der Waals surface area contributed by atoms with Gasteiger partial charge in [-0.25, -0.2) is 19.9 Å². The normalized spacial score (nSPS) is 9.29. The summed E-state index contributed by atoms with van der Waals surface area (Å²) in [5.74, 6) is 1.68. The highest BCUT2D eigenvalue weighted by Crippen LogP contribution is 2.10. The quantitative estimate of drug-likeness (QED) is 0.247. The van der Waals surface area contributed by atoms with Crippen LogP contribution in [0, 0.1) is 34.6 Å². The Morgan fingerprint density at radius 1 is 0.806 bits per heavy atom. The molecule has 0 bridgehead atoms. The van der Waals surface area contributed by atoms with E-state index in [0.29, 0.717) is 10.4 Å². The van der Waals surface area contributed by atoms with Crippen molar-refractivity contribution in [3.63, 3.8) is 0 Å². The summed E-state index contributed by atoms with van der Waals surface area (Å²) >= 11 is 16.6. The van der Waals surface area contributed by atoms with Crippen LogP contribution in [0.25, 0.3) is 0 Å². The van der Waals surface area contributed by atoms with Gasteiger partial charge in [0, 0.05) is 30.5 Å². The van der Waals surface area contributed by atoms with Crippen LogP contribution in [0.2, 0.25) is 15.5 Å². The van der Waals surface area contributed by atoms with Crippen molar-refractivity contribution in [1.82, 2.24) is 35.1 Å². The van der Waals surface area contributed by atoms with Crippen LogP contribution in [0.4, 0.5) is 0 Å². The molecule has 4 rings (SSSR count). The van der Waals surface area contributed by atoms with Crippen LogP contribution < -0.4 is 0 Å². The predicted octanol–water partition coefficient (Wildman–Crippen LogP) is 5.95. The number of rotatable bonds is 0. The van der Waals surface area contributed by atoms with E-state index in [1.165, 1.54) is 0 Å². The minimum atomic E-state index is 0.310. The molecule has 0 saturated carbocycles. The van der Waals surface area contributed by atoms with Crippen molar-refractivity contribution in [2.75, 3.05) is 0 Å². The third-order valence-corrected chi connectivity index (χ3v) is 4.12. The lowest BCUT2D eigenvalue weighted by Gasteiger charge is -1.90. The highest BCUT2D eigenvalue weighted by Gasteiger charge is 1.88. The fraction of sp³-hybridized carbons (Fsp3) is 0.238. The molecule has 0 atom stereocenters. The molecule has 0 amide bonds. The molecule has 10 heteroatoms. The number of hydrogen-bond donors (Lipinski definition) is 1. The van der Waals surface area contributed by atoms with Gasteiger partial charge in [-0.05, 0) is 81.6 Å². The maximum Gasteiger partial charge on any atom is 0.222 e. The molecule has 0 aliphatic heterocycles. The third kappa shape index (κ3) is 12.6. The highest BCUT2D eigenvalue weighted by molar-refractivity contribution is 6.31. The van der Waals surface area contributed by atoms with Gasteiger partial charge in [-0.1, -0.05) is 23.2 Å². The van der Waals surface area contributed by atoms with Crippen LogP contribution in [-0.2, 0) is 0 Å². The second kappa shape index (κ2) is 14.4. The lowest BCUT2D eigenvalue weighted by molar-refractivity contribution is 1.02. The van der Waals surface area contributed by atoms with E-state index in [-0.39, 0.29) is 0 Å². The molecule has 0 radical (unpaired) electrons. The van der Waals surface area contributed by atoms with E-state index in [1.807, 2.05) is 52.8 Å². The predicted molar refractivity (Wildman–Crippen MR) is 126 cm³/mol. The largest absolute Gasteiger partial charge is 0.263 e. The molecule has 0 aliphatic rings. The average Bonchev–Trinajstić information content (AvgIpc) is 3.08. The Labute approximate surface area is 197 Å². The molecule has 4 aromatic heterocycles. The van der Waals surface area contributed by atoms with Crippen molar-refractivity contribution in [2.24, 2.45) is 0 Å². The maximum absolute atomic E-state index is 5.65. The first-order chi connectivity index (χ1) is 14.7. The van der Waals surface area contributed by atoms with E-state index in [0.717, 1.165) is 33.5 Å². The van der Waals surface area contributed by atoms with E-state index in [2.05, 4.69) is 35.1 Å². The molecule has 4 heterocycles. The first-order valence-corrected chi connectivity index (χ1v) is 10.3. The van der Waals surface area contributed by atoms with Crippen molar-refractivity contribution in [2.45, 2.75) is 34.6 Å². The Kier molecular flexibility index (Phi) is 12.3. The first-order valence-electron chi connectivity index (χ1n) is 9.12. The zero-order valence-corrected chi connectivity index (χ0v) is 20.2. The van der Waals surface area contributed by atoms with Gasteiger partial charge in [0.05, 0.1) is 5.02 Å². The summed E-state index contributed by atoms with van der Waals surface area (Å²) in [6.07, 6.45) is 6.68. The topological polar surface area (TPSA) is 93.1 Å². The lowest BCUT2D eigenvalue weighted by atomic mass is 10.3. The van der Waals surface area contributed by atoms with Gasteiger partial charge in [-0.15, -0.1) is 0 Å². The molecule has 1 N–H and O–H groups in total. The second-order valence-corrected chi connectivity index (χ2v) is 7.35. The van der Waals surface area contributed by atoms with Gasteiger partial charge in [0.25, 0.3) is 0 Å². The Balaban J connectivity index is 0.000000207. The fourth-order valence-electron chi connectivity index (χ4n) is 1.82. The zero-order chi connectivity index (χ0) is 23.2. The number of pyridine rings is 2. The maximum atomic E-state index is 5.65. The van der Waals surface area contributed by atoms with Crippen molar-refractivity contribution in [1.29, 1.82) is 0 Å². The van der Waals surface area contributed by atoms with E-state index in [1.54, 1.807) is 30.9 Å². The van der Waals surface area contributed by atoms with Crippen LogP contribution in [0.15, 0.2) is 49.1 Å². The zero-order valence-electron chi connectivity index (χ0n) is 17.9. The summed E-state index contributed by atoms with van der Waals surface area (Å²) in [6, 6.07) is 7.40. The third-order valence-electron chi connectivity index (χ3n) is 3.33. The highest BCUT2D eigenvalue weighted by atomic mass is 35.5. The summed E-state index contributed by atoms with van der Waals surface area (Å²) in [5.41, 5.74) is 3.11. The Bertz CT molecular complexity index is 939. The van der Waals surface area contributed by atoms with E-state index < -0.39 is 0 Å². The SMILES string of the molecule is Cc1ccnc(Cl)c1.Cc1ccnc(Cl)n1.Cc1ccncc1Cl.Cc1n[nH]c(C)n1. The Hall–Kier alpha value is -2.61. The summed E-state index contributed by atoms with van der Waals surface area (Å²) in [4.78, 5) is 19.1. The molecule has 0 fully saturated rings. The Morgan fingerprint density at radius 3 is 1.84 bits per heavy atom. The number of H-pyrrole nitrogens is 1. The van der Waals surface area contributed by atoms with E-state index in [4.69, 9.17) is 34.8 Å². The molecule has 4 aromatic rings. The number of aryl methyl sites for hydroxylation is 5. The fourth-order valence-corrected chi connectivity index (χ4v) is 2.35. The van der Waals surface area contributed by atoms with Gasteiger partial charge < -0.3 is 0 Å².